The molecule has 1 unspecified atom stereocenters. The smallest absolute Gasteiger partial charge is 0.294 e. The van der Waals surface area contributed by atoms with Gasteiger partial charge in [0.2, 0.25) is 0 Å². The highest BCUT2D eigenvalue weighted by atomic mass is 32.2. The Morgan fingerprint density at radius 1 is 0.854 bits per heavy atom. The molecule has 2 aromatic rings. The summed E-state index contributed by atoms with van der Waals surface area (Å²) in [5.74, 6) is -10.4. The minimum atomic E-state index is -5.46. The third-order valence-corrected chi connectivity index (χ3v) is 6.76. The highest BCUT2D eigenvalue weighted by molar-refractivity contribution is 7.99. The first kappa shape index (κ1) is 34.4. The van der Waals surface area contributed by atoms with Gasteiger partial charge in [-0.1, -0.05) is 25.1 Å². The van der Waals surface area contributed by atoms with E-state index in [4.69, 9.17) is 0 Å². The van der Waals surface area contributed by atoms with Gasteiger partial charge in [-0.2, -0.15) is 64.4 Å². The molecule has 2 atom stereocenters. The first-order valence-electron chi connectivity index (χ1n) is 11.2. The molecule has 0 aromatic heterocycles. The van der Waals surface area contributed by atoms with Gasteiger partial charge >= 0.3 is 24.7 Å². The van der Waals surface area contributed by atoms with E-state index in [9.17, 15) is 66.3 Å². The Bertz CT molecular complexity index is 1250. The van der Waals surface area contributed by atoms with Gasteiger partial charge in [-0.05, 0) is 41.5 Å². The summed E-state index contributed by atoms with van der Waals surface area (Å²) in [7, 11) is 0. The minimum absolute atomic E-state index is 0.0291. The van der Waals surface area contributed by atoms with Gasteiger partial charge in [0.05, 0.1) is 16.9 Å². The van der Waals surface area contributed by atoms with Crippen molar-refractivity contribution in [3.63, 3.8) is 0 Å². The van der Waals surface area contributed by atoms with Crippen molar-refractivity contribution in [2.45, 2.75) is 44.0 Å². The zero-order valence-corrected chi connectivity index (χ0v) is 21.2. The quantitative estimate of drug-likeness (QED) is 0.202. The fourth-order valence-corrected chi connectivity index (χ4v) is 4.48. The molecule has 0 N–H and O–H groups in total. The number of allylic oxidation sites excluding steroid dienone is 1. The summed E-state index contributed by atoms with van der Waals surface area (Å²) in [5, 5.41) is 0. The highest BCUT2D eigenvalue weighted by Crippen LogP contribution is 2.42. The van der Waals surface area contributed by atoms with E-state index in [1.54, 1.807) is 0 Å². The molecule has 228 valence electrons. The summed E-state index contributed by atoms with van der Waals surface area (Å²) in [6.45, 7) is 1.31. The number of thioether (sulfide) groups is 1. The number of Topliss-reactive ketones (excluding diaryl/α,β-unsaturated/α-hetero) is 1. The lowest BCUT2D eigenvalue weighted by Gasteiger charge is -2.20. The predicted molar refractivity (Wildman–Crippen MR) is 122 cm³/mol. The Balaban J connectivity index is 2.45. The lowest BCUT2D eigenvalue weighted by Crippen LogP contribution is -2.20. The van der Waals surface area contributed by atoms with Gasteiger partial charge in [-0.15, -0.1) is 0 Å². The standard InChI is InChI=1S/C25H18F14OS/c1-12(10-41-11-22(28,29)30)6-21(40)15-4-2-14(8-17(15)24(34,35)36)20(27)9-16(23(31,32)33)13-3-5-19(26)18(7-13)25(37,38)39/h2-5,7-9,12,16H,6,10-11H2,1H3/b20-9-/t12-,16?/m0/s1. The molecule has 0 aliphatic carbocycles. The van der Waals surface area contributed by atoms with E-state index in [1.165, 1.54) is 6.92 Å². The van der Waals surface area contributed by atoms with Crippen molar-refractivity contribution in [2.75, 3.05) is 11.5 Å². The molecule has 0 bridgehead atoms. The number of ketones is 1. The van der Waals surface area contributed by atoms with Crippen molar-refractivity contribution in [1.82, 2.24) is 0 Å². The molecule has 0 spiro atoms. The van der Waals surface area contributed by atoms with Crippen LogP contribution >= 0.6 is 11.8 Å². The van der Waals surface area contributed by atoms with Crippen LogP contribution in [0.1, 0.15) is 51.9 Å². The Hall–Kier alpha value is -2.78. The predicted octanol–water partition coefficient (Wildman–Crippen LogP) is 10.0. The maximum Gasteiger partial charge on any atom is 0.419 e. The van der Waals surface area contributed by atoms with Gasteiger partial charge in [-0.3, -0.25) is 4.79 Å². The fraction of sp³-hybridized carbons (Fsp3) is 0.400. The molecule has 0 saturated heterocycles. The Morgan fingerprint density at radius 2 is 1.44 bits per heavy atom. The molecule has 2 aromatic carbocycles. The third-order valence-electron chi connectivity index (χ3n) is 5.42. The van der Waals surface area contributed by atoms with Crippen LogP contribution < -0.4 is 0 Å². The molecule has 0 aliphatic rings. The number of benzene rings is 2. The second-order valence-corrected chi connectivity index (χ2v) is 9.92. The van der Waals surface area contributed by atoms with E-state index < -0.39 is 94.0 Å². The van der Waals surface area contributed by atoms with Crippen LogP contribution in [0.25, 0.3) is 5.83 Å². The normalized spacial score (nSPS) is 15.1. The molecule has 0 amide bonds. The van der Waals surface area contributed by atoms with Crippen LogP contribution in [0.4, 0.5) is 61.5 Å². The molecule has 0 saturated carbocycles. The van der Waals surface area contributed by atoms with E-state index >= 15 is 0 Å². The van der Waals surface area contributed by atoms with Crippen LogP contribution in [-0.4, -0.2) is 29.6 Å². The summed E-state index contributed by atoms with van der Waals surface area (Å²) in [4.78, 5) is 12.5. The average Bonchev–Trinajstić information content (AvgIpc) is 2.79. The Morgan fingerprint density at radius 3 is 1.95 bits per heavy atom. The second kappa shape index (κ2) is 12.6. The lowest BCUT2D eigenvalue weighted by molar-refractivity contribution is -0.143. The highest BCUT2D eigenvalue weighted by Gasteiger charge is 2.42. The second-order valence-electron chi connectivity index (χ2n) is 8.89. The van der Waals surface area contributed by atoms with E-state index in [0.29, 0.717) is 30.0 Å². The topological polar surface area (TPSA) is 17.1 Å². The van der Waals surface area contributed by atoms with E-state index in [0.717, 1.165) is 0 Å². The van der Waals surface area contributed by atoms with Gasteiger partial charge in [0.1, 0.15) is 17.6 Å². The number of hydrogen-bond acceptors (Lipinski definition) is 2. The number of halogens is 14. The van der Waals surface area contributed by atoms with Gasteiger partial charge in [0.25, 0.3) is 0 Å². The van der Waals surface area contributed by atoms with E-state index in [1.807, 2.05) is 0 Å². The van der Waals surface area contributed by atoms with Crippen LogP contribution in [0.15, 0.2) is 42.5 Å². The van der Waals surface area contributed by atoms with Crippen molar-refractivity contribution in [3.8, 4) is 0 Å². The summed E-state index contributed by atoms with van der Waals surface area (Å²) in [6, 6.07) is 1.23. The molecule has 1 nitrogen and oxygen atoms in total. The van der Waals surface area contributed by atoms with E-state index in [2.05, 4.69) is 0 Å². The number of alkyl halides is 12. The van der Waals surface area contributed by atoms with Gasteiger partial charge in [0, 0.05) is 17.5 Å². The molecular formula is C25H18F14OS. The number of carbonyl (C=O) groups excluding carboxylic acids is 1. The maximum absolute atomic E-state index is 14.9. The van der Waals surface area contributed by atoms with Crippen molar-refractivity contribution in [2.24, 2.45) is 5.92 Å². The van der Waals surface area contributed by atoms with Crippen molar-refractivity contribution < 1.29 is 66.3 Å². The monoisotopic (exact) mass is 632 g/mol. The molecule has 16 heteroatoms. The molecule has 0 heterocycles. The first-order valence-corrected chi connectivity index (χ1v) is 12.4. The average molecular weight is 632 g/mol. The van der Waals surface area contributed by atoms with Crippen LogP contribution in [0.3, 0.4) is 0 Å². The summed E-state index contributed by atoms with van der Waals surface area (Å²) < 4.78 is 186. The SMILES string of the molecule is C[C@H](CSCC(F)(F)F)CC(=O)c1ccc(/C(F)=C/C(c2ccc(F)c(C(F)(F)F)c2)C(F)(F)F)cc1C(F)(F)F. The molecule has 0 aliphatic heterocycles. The zero-order chi connectivity index (χ0) is 31.6. The van der Waals surface area contributed by atoms with Crippen molar-refractivity contribution in [3.05, 3.63) is 76.1 Å². The lowest BCUT2D eigenvalue weighted by atomic mass is 9.92. The summed E-state index contributed by atoms with van der Waals surface area (Å²) >= 11 is 0.399. The molecule has 2 rings (SSSR count). The fourth-order valence-electron chi connectivity index (χ4n) is 3.61. The molecule has 0 radical (unpaired) electrons. The Kier molecular flexibility index (Phi) is 10.6. The third kappa shape index (κ3) is 9.92. The van der Waals surface area contributed by atoms with Crippen molar-refractivity contribution in [1.29, 1.82) is 0 Å². The van der Waals surface area contributed by atoms with Gasteiger partial charge in [-0.25, -0.2) is 8.78 Å². The number of carbonyl (C=O) groups is 1. The minimum Gasteiger partial charge on any atom is -0.294 e. The zero-order valence-electron chi connectivity index (χ0n) is 20.4. The van der Waals surface area contributed by atoms with Crippen LogP contribution in [0, 0.1) is 11.7 Å². The first-order chi connectivity index (χ1) is 18.5. The van der Waals surface area contributed by atoms with E-state index in [-0.39, 0.29) is 30.0 Å². The Labute approximate surface area is 227 Å². The molecular weight excluding hydrogens is 614 g/mol. The van der Waals surface area contributed by atoms with Gasteiger partial charge in [0.15, 0.2) is 5.78 Å². The largest absolute Gasteiger partial charge is 0.419 e. The van der Waals surface area contributed by atoms with Crippen LogP contribution in [0.2, 0.25) is 0 Å². The molecule has 0 fully saturated rings. The summed E-state index contributed by atoms with van der Waals surface area (Å²) in [5.41, 5.74) is -7.19. The molecule has 41 heavy (non-hydrogen) atoms. The number of rotatable bonds is 9. The summed E-state index contributed by atoms with van der Waals surface area (Å²) in [6.07, 6.45) is -21.6. The van der Waals surface area contributed by atoms with Crippen molar-refractivity contribution >= 4 is 23.4 Å². The van der Waals surface area contributed by atoms with Crippen LogP contribution in [-0.2, 0) is 12.4 Å². The number of hydrogen-bond donors (Lipinski definition) is 0. The maximum atomic E-state index is 14.9. The van der Waals surface area contributed by atoms with Gasteiger partial charge < -0.3 is 0 Å². The van der Waals surface area contributed by atoms with Crippen LogP contribution in [0.5, 0.6) is 0 Å².